The number of esters is 1. The highest BCUT2D eigenvalue weighted by molar-refractivity contribution is 6.19. The highest BCUT2D eigenvalue weighted by atomic mass is 19.4. The van der Waals surface area contributed by atoms with Crippen molar-refractivity contribution in [3.8, 4) is 0 Å². The van der Waals surface area contributed by atoms with E-state index in [2.05, 4.69) is 4.74 Å². The summed E-state index contributed by atoms with van der Waals surface area (Å²) in [7, 11) is 0. The number of cyclic esters (lactones) is 1. The Labute approximate surface area is 94.7 Å². The van der Waals surface area contributed by atoms with Crippen molar-refractivity contribution >= 4 is 11.5 Å². The lowest BCUT2D eigenvalue weighted by molar-refractivity contribution is -0.138. The number of halogens is 3. The summed E-state index contributed by atoms with van der Waals surface area (Å²) in [5, 5.41) is 0. The van der Waals surface area contributed by atoms with Crippen molar-refractivity contribution < 1.29 is 22.7 Å². The molecule has 1 aliphatic heterocycles. The van der Waals surface area contributed by atoms with E-state index >= 15 is 0 Å². The molecule has 0 saturated heterocycles. The van der Waals surface area contributed by atoms with E-state index in [0.717, 1.165) is 12.1 Å². The van der Waals surface area contributed by atoms with Crippen LogP contribution >= 0.6 is 0 Å². The van der Waals surface area contributed by atoms with Crippen LogP contribution in [0.3, 0.4) is 0 Å². The van der Waals surface area contributed by atoms with E-state index in [9.17, 15) is 18.0 Å². The first-order chi connectivity index (χ1) is 7.89. The van der Waals surface area contributed by atoms with Gasteiger partial charge in [-0.3, -0.25) is 0 Å². The average molecular weight is 243 g/mol. The Morgan fingerprint density at radius 3 is 2.53 bits per heavy atom. The van der Waals surface area contributed by atoms with Crippen molar-refractivity contribution in [2.24, 2.45) is 5.73 Å². The third-order valence-electron chi connectivity index (χ3n) is 2.36. The second-order valence-electron chi connectivity index (χ2n) is 3.55. The minimum absolute atomic E-state index is 0.0103. The monoisotopic (exact) mass is 243 g/mol. The number of alkyl halides is 3. The molecule has 0 saturated carbocycles. The fraction of sp³-hybridized carbons (Fsp3) is 0.182. The molecule has 0 bridgehead atoms. The summed E-state index contributed by atoms with van der Waals surface area (Å²) in [4.78, 5) is 11.3. The highest BCUT2D eigenvalue weighted by Crippen LogP contribution is 2.32. The molecule has 0 spiro atoms. The molecule has 0 atom stereocenters. The normalized spacial score (nSPS) is 16.3. The van der Waals surface area contributed by atoms with E-state index < -0.39 is 17.7 Å². The molecule has 3 nitrogen and oxygen atoms in total. The van der Waals surface area contributed by atoms with Crippen molar-refractivity contribution in [3.63, 3.8) is 0 Å². The zero-order valence-electron chi connectivity index (χ0n) is 8.54. The Kier molecular flexibility index (Phi) is 2.57. The maximum Gasteiger partial charge on any atom is 0.416 e. The minimum atomic E-state index is -4.45. The lowest BCUT2D eigenvalue weighted by atomic mass is 10.0. The van der Waals surface area contributed by atoms with Crippen molar-refractivity contribution in [1.82, 2.24) is 0 Å². The number of hydrogen-bond acceptors (Lipinski definition) is 3. The molecule has 0 aromatic heterocycles. The molecule has 90 valence electrons. The Balaban J connectivity index is 2.48. The maximum absolute atomic E-state index is 12.5. The van der Waals surface area contributed by atoms with Gasteiger partial charge in [0.1, 0.15) is 6.61 Å². The first-order valence-electron chi connectivity index (χ1n) is 4.73. The van der Waals surface area contributed by atoms with E-state index in [4.69, 9.17) is 5.73 Å². The lowest BCUT2D eigenvalue weighted by Gasteiger charge is -2.08. The number of carbonyl (C=O) groups excluding carboxylic acids is 1. The first-order valence-corrected chi connectivity index (χ1v) is 4.73. The SMILES string of the molecule is NC1=C(c2cccc(C(F)(F)F)c2)C(=O)OC1. The van der Waals surface area contributed by atoms with Crippen molar-refractivity contribution in [2.75, 3.05) is 6.61 Å². The van der Waals surface area contributed by atoms with Gasteiger partial charge in [0.05, 0.1) is 16.8 Å². The average Bonchev–Trinajstić information content (AvgIpc) is 2.57. The zero-order chi connectivity index (χ0) is 12.6. The molecule has 1 aromatic carbocycles. The van der Waals surface area contributed by atoms with Crippen LogP contribution in [0.2, 0.25) is 0 Å². The van der Waals surface area contributed by atoms with Crippen molar-refractivity contribution in [2.45, 2.75) is 6.18 Å². The third kappa shape index (κ3) is 2.11. The van der Waals surface area contributed by atoms with Crippen LogP contribution in [0.4, 0.5) is 13.2 Å². The molecule has 6 heteroatoms. The molecule has 2 N–H and O–H groups in total. The fourth-order valence-electron chi connectivity index (χ4n) is 1.57. The topological polar surface area (TPSA) is 52.3 Å². The molecule has 0 aliphatic carbocycles. The molecule has 1 aromatic rings. The smallest absolute Gasteiger partial charge is 0.416 e. The van der Waals surface area contributed by atoms with Crippen molar-refractivity contribution in [3.05, 3.63) is 41.1 Å². The van der Waals surface area contributed by atoms with E-state index in [1.807, 2.05) is 0 Å². The van der Waals surface area contributed by atoms with E-state index in [0.29, 0.717) is 0 Å². The summed E-state index contributed by atoms with van der Waals surface area (Å²) < 4.78 is 42.1. The number of carbonyl (C=O) groups is 1. The van der Waals surface area contributed by atoms with Crippen LogP contribution in [0.25, 0.3) is 5.57 Å². The number of rotatable bonds is 1. The van der Waals surface area contributed by atoms with E-state index in [-0.39, 0.29) is 23.4 Å². The van der Waals surface area contributed by atoms with E-state index in [1.165, 1.54) is 12.1 Å². The molecule has 0 fully saturated rings. The van der Waals surface area contributed by atoms with Crippen LogP contribution in [0.1, 0.15) is 11.1 Å². The predicted octanol–water partition coefficient (Wildman–Crippen LogP) is 1.93. The van der Waals surface area contributed by atoms with Crippen molar-refractivity contribution in [1.29, 1.82) is 0 Å². The van der Waals surface area contributed by atoms with Gasteiger partial charge in [-0.05, 0) is 17.7 Å². The summed E-state index contributed by atoms with van der Waals surface area (Å²) in [6.07, 6.45) is -4.45. The summed E-state index contributed by atoms with van der Waals surface area (Å²) in [5.41, 5.74) is 4.97. The Bertz CT molecular complexity index is 506. The zero-order valence-corrected chi connectivity index (χ0v) is 8.54. The van der Waals surface area contributed by atoms with Crippen LogP contribution in [-0.2, 0) is 15.7 Å². The summed E-state index contributed by atoms with van der Waals surface area (Å²) in [5.74, 6) is -0.693. The Hall–Kier alpha value is -1.98. The highest BCUT2D eigenvalue weighted by Gasteiger charge is 2.32. The molecular formula is C11H8F3NO2. The lowest BCUT2D eigenvalue weighted by Crippen LogP contribution is -2.07. The molecular weight excluding hydrogens is 235 g/mol. The van der Waals surface area contributed by atoms with Gasteiger partial charge in [0.25, 0.3) is 0 Å². The molecule has 2 rings (SSSR count). The number of ether oxygens (including phenoxy) is 1. The molecule has 1 heterocycles. The maximum atomic E-state index is 12.5. The van der Waals surface area contributed by atoms with Crippen LogP contribution in [0.5, 0.6) is 0 Å². The van der Waals surface area contributed by atoms with Gasteiger partial charge in [0.2, 0.25) is 0 Å². The van der Waals surface area contributed by atoms with Gasteiger partial charge < -0.3 is 10.5 Å². The standard InChI is InChI=1S/C11H8F3NO2/c12-11(13,14)7-3-1-2-6(4-7)9-8(15)5-17-10(9)16/h1-4H,5,15H2. The fourth-order valence-corrected chi connectivity index (χ4v) is 1.57. The van der Waals surface area contributed by atoms with E-state index in [1.54, 1.807) is 0 Å². The van der Waals surface area contributed by atoms with Crippen LogP contribution in [0.15, 0.2) is 30.0 Å². The van der Waals surface area contributed by atoms with Gasteiger partial charge >= 0.3 is 12.1 Å². The van der Waals surface area contributed by atoms with Crippen LogP contribution < -0.4 is 5.73 Å². The first kappa shape index (κ1) is 11.5. The van der Waals surface area contributed by atoms with Gasteiger partial charge in [-0.25, -0.2) is 4.79 Å². The quantitative estimate of drug-likeness (QED) is 0.767. The van der Waals surface area contributed by atoms with Gasteiger partial charge in [-0.15, -0.1) is 0 Å². The summed E-state index contributed by atoms with van der Waals surface area (Å²) in [6.45, 7) is -0.0790. The number of hydrogen-bond donors (Lipinski definition) is 1. The van der Waals surface area contributed by atoms with Gasteiger partial charge in [-0.2, -0.15) is 13.2 Å². The summed E-state index contributed by atoms with van der Waals surface area (Å²) in [6, 6.07) is 4.43. The minimum Gasteiger partial charge on any atom is -0.456 e. The number of benzene rings is 1. The number of nitrogens with two attached hydrogens (primary N) is 1. The largest absolute Gasteiger partial charge is 0.456 e. The molecule has 0 amide bonds. The molecule has 0 radical (unpaired) electrons. The van der Waals surface area contributed by atoms with Gasteiger partial charge in [0.15, 0.2) is 0 Å². The van der Waals surface area contributed by atoms with Gasteiger partial charge in [-0.1, -0.05) is 12.1 Å². The second-order valence-corrected chi connectivity index (χ2v) is 3.55. The van der Waals surface area contributed by atoms with Crippen LogP contribution in [-0.4, -0.2) is 12.6 Å². The Morgan fingerprint density at radius 2 is 2.00 bits per heavy atom. The second kappa shape index (κ2) is 3.80. The molecule has 0 unspecified atom stereocenters. The Morgan fingerprint density at radius 1 is 1.29 bits per heavy atom. The predicted molar refractivity (Wildman–Crippen MR) is 53.5 cm³/mol. The van der Waals surface area contributed by atoms with Crippen LogP contribution in [0, 0.1) is 0 Å². The molecule has 17 heavy (non-hydrogen) atoms. The summed E-state index contributed by atoms with van der Waals surface area (Å²) >= 11 is 0. The third-order valence-corrected chi connectivity index (χ3v) is 2.36. The molecule has 1 aliphatic rings. The van der Waals surface area contributed by atoms with Gasteiger partial charge in [0, 0.05) is 0 Å².